The van der Waals surface area contributed by atoms with Gasteiger partial charge in [-0.05, 0) is 25.3 Å². The first-order valence-corrected chi connectivity index (χ1v) is 6.22. The molecule has 98 valence electrons. The van der Waals surface area contributed by atoms with E-state index in [-0.39, 0.29) is 0 Å². The summed E-state index contributed by atoms with van der Waals surface area (Å²) in [6.45, 7) is 6.39. The maximum atomic E-state index is 6.10. The highest BCUT2D eigenvalue weighted by Crippen LogP contribution is 2.28. The fourth-order valence-electron chi connectivity index (χ4n) is 2.07. The number of aryl methyl sites for hydroxylation is 3. The fourth-order valence-corrected chi connectivity index (χ4v) is 2.07. The third-order valence-electron chi connectivity index (χ3n) is 3.16. The Morgan fingerprint density at radius 2 is 1.89 bits per heavy atom. The third-order valence-corrected chi connectivity index (χ3v) is 3.16. The van der Waals surface area contributed by atoms with Crippen molar-refractivity contribution in [1.29, 1.82) is 0 Å². The van der Waals surface area contributed by atoms with Crippen LogP contribution in [0.4, 0.5) is 5.82 Å². The summed E-state index contributed by atoms with van der Waals surface area (Å²) in [6, 6.07) is 2.05. The predicted molar refractivity (Wildman–Crippen MR) is 73.1 cm³/mol. The van der Waals surface area contributed by atoms with Crippen molar-refractivity contribution < 1.29 is 0 Å². The number of nitrogens with zero attached hydrogens (tertiary/aromatic N) is 4. The van der Waals surface area contributed by atoms with Crippen LogP contribution in [0.5, 0.6) is 0 Å². The number of nitrogen functional groups attached to an aromatic ring is 1. The number of hydrogen-bond acceptors (Lipinski definition) is 3. The first-order chi connectivity index (χ1) is 8.40. The van der Waals surface area contributed by atoms with Gasteiger partial charge >= 0.3 is 0 Å². The molecule has 0 saturated carbocycles. The van der Waals surface area contributed by atoms with Crippen LogP contribution >= 0.6 is 0 Å². The van der Waals surface area contributed by atoms with Gasteiger partial charge in [-0.3, -0.25) is 9.36 Å². The predicted octanol–water partition coefficient (Wildman–Crippen LogP) is 1.91. The Morgan fingerprint density at radius 1 is 1.22 bits per heavy atom. The van der Waals surface area contributed by atoms with Crippen molar-refractivity contribution in [2.24, 2.45) is 20.0 Å². The number of rotatable bonds is 3. The van der Waals surface area contributed by atoms with Gasteiger partial charge in [0.25, 0.3) is 0 Å². The molecule has 0 amide bonds. The summed E-state index contributed by atoms with van der Waals surface area (Å²) in [5, 5.41) is 8.99. The van der Waals surface area contributed by atoms with Crippen molar-refractivity contribution in [3.8, 4) is 11.4 Å². The minimum atomic E-state index is 0.542. The summed E-state index contributed by atoms with van der Waals surface area (Å²) in [7, 11) is 3.81. The summed E-state index contributed by atoms with van der Waals surface area (Å²) in [5.41, 5.74) is 10.1. The van der Waals surface area contributed by atoms with Crippen LogP contribution in [0.15, 0.2) is 6.07 Å². The molecule has 0 spiro atoms. The molecular weight excluding hydrogens is 226 g/mol. The molecule has 5 heteroatoms. The second-order valence-corrected chi connectivity index (χ2v) is 5.23. The zero-order valence-electron chi connectivity index (χ0n) is 11.7. The maximum absolute atomic E-state index is 6.10. The van der Waals surface area contributed by atoms with Crippen LogP contribution in [-0.4, -0.2) is 19.6 Å². The zero-order valence-corrected chi connectivity index (χ0v) is 11.7. The van der Waals surface area contributed by atoms with Gasteiger partial charge < -0.3 is 5.73 Å². The standard InChI is InChI=1S/C13H21N5/c1-8(2)6-10-12(16-18(5)13(10)14)11-7-9(3)17(4)15-11/h7-8H,6,14H2,1-5H3. The highest BCUT2D eigenvalue weighted by molar-refractivity contribution is 5.65. The molecular formula is C13H21N5. The molecule has 0 aromatic carbocycles. The zero-order chi connectivity index (χ0) is 13.4. The van der Waals surface area contributed by atoms with Crippen molar-refractivity contribution in [3.05, 3.63) is 17.3 Å². The topological polar surface area (TPSA) is 61.7 Å². The molecule has 2 aromatic rings. The summed E-state index contributed by atoms with van der Waals surface area (Å²) >= 11 is 0. The lowest BCUT2D eigenvalue weighted by atomic mass is 10.0. The second kappa shape index (κ2) is 4.48. The average molecular weight is 247 g/mol. The van der Waals surface area contributed by atoms with E-state index < -0.39 is 0 Å². The van der Waals surface area contributed by atoms with E-state index in [9.17, 15) is 0 Å². The van der Waals surface area contributed by atoms with E-state index in [4.69, 9.17) is 5.73 Å². The Balaban J connectivity index is 2.53. The lowest BCUT2D eigenvalue weighted by Crippen LogP contribution is -2.02. The number of hydrogen-bond donors (Lipinski definition) is 1. The Hall–Kier alpha value is -1.78. The largest absolute Gasteiger partial charge is 0.384 e. The lowest BCUT2D eigenvalue weighted by Gasteiger charge is -2.05. The van der Waals surface area contributed by atoms with Gasteiger partial charge in [0.2, 0.25) is 0 Å². The van der Waals surface area contributed by atoms with Crippen LogP contribution < -0.4 is 5.73 Å². The van der Waals surface area contributed by atoms with Gasteiger partial charge in [0, 0.05) is 25.4 Å². The molecule has 2 heterocycles. The second-order valence-electron chi connectivity index (χ2n) is 5.23. The first-order valence-electron chi connectivity index (χ1n) is 6.22. The van der Waals surface area contributed by atoms with E-state index in [2.05, 4.69) is 24.0 Å². The van der Waals surface area contributed by atoms with E-state index in [1.807, 2.05) is 31.8 Å². The van der Waals surface area contributed by atoms with E-state index >= 15 is 0 Å². The minimum absolute atomic E-state index is 0.542. The van der Waals surface area contributed by atoms with Gasteiger partial charge in [-0.2, -0.15) is 10.2 Å². The third kappa shape index (κ3) is 2.12. The van der Waals surface area contributed by atoms with Crippen LogP contribution in [-0.2, 0) is 20.5 Å². The highest BCUT2D eigenvalue weighted by atomic mass is 15.3. The highest BCUT2D eigenvalue weighted by Gasteiger charge is 2.18. The summed E-state index contributed by atoms with van der Waals surface area (Å²) < 4.78 is 3.59. The van der Waals surface area contributed by atoms with Gasteiger partial charge in [0.05, 0.1) is 0 Å². The summed E-state index contributed by atoms with van der Waals surface area (Å²) in [4.78, 5) is 0. The van der Waals surface area contributed by atoms with Crippen LogP contribution in [0.3, 0.4) is 0 Å². The fraction of sp³-hybridized carbons (Fsp3) is 0.538. The molecule has 0 aliphatic rings. The smallest absolute Gasteiger partial charge is 0.125 e. The van der Waals surface area contributed by atoms with Crippen molar-refractivity contribution in [1.82, 2.24) is 19.6 Å². The van der Waals surface area contributed by atoms with E-state index in [1.54, 1.807) is 4.68 Å². The van der Waals surface area contributed by atoms with Crippen LogP contribution in [0, 0.1) is 12.8 Å². The average Bonchev–Trinajstić information content (AvgIpc) is 2.74. The number of nitrogens with two attached hydrogens (primary N) is 1. The van der Waals surface area contributed by atoms with Crippen molar-refractivity contribution in [3.63, 3.8) is 0 Å². The molecule has 0 aliphatic heterocycles. The number of anilines is 1. The molecule has 5 nitrogen and oxygen atoms in total. The van der Waals surface area contributed by atoms with Crippen LogP contribution in [0.25, 0.3) is 11.4 Å². The molecule has 0 aliphatic carbocycles. The van der Waals surface area contributed by atoms with Gasteiger partial charge in [-0.15, -0.1) is 0 Å². The summed E-state index contributed by atoms with van der Waals surface area (Å²) in [5.74, 6) is 1.28. The van der Waals surface area contributed by atoms with Gasteiger partial charge in [-0.1, -0.05) is 13.8 Å². The Kier molecular flexibility index (Phi) is 3.15. The van der Waals surface area contributed by atoms with Gasteiger partial charge in [0.15, 0.2) is 0 Å². The molecule has 18 heavy (non-hydrogen) atoms. The SMILES string of the molecule is Cc1cc(-c2nn(C)c(N)c2CC(C)C)nn1C. The van der Waals surface area contributed by atoms with Gasteiger partial charge in [-0.25, -0.2) is 0 Å². The number of aromatic nitrogens is 4. The normalized spacial score (nSPS) is 11.4. The first kappa shape index (κ1) is 12.7. The van der Waals surface area contributed by atoms with E-state index in [1.165, 1.54) is 0 Å². The van der Waals surface area contributed by atoms with Crippen molar-refractivity contribution in [2.45, 2.75) is 27.2 Å². The maximum Gasteiger partial charge on any atom is 0.125 e. The molecule has 0 fully saturated rings. The molecule has 0 unspecified atom stereocenters. The van der Waals surface area contributed by atoms with Crippen molar-refractivity contribution in [2.75, 3.05) is 5.73 Å². The molecule has 0 atom stereocenters. The monoisotopic (exact) mass is 247 g/mol. The van der Waals surface area contributed by atoms with Crippen LogP contribution in [0.1, 0.15) is 25.1 Å². The Bertz CT molecular complexity index is 543. The van der Waals surface area contributed by atoms with Crippen molar-refractivity contribution >= 4 is 5.82 Å². The Labute approximate surface area is 108 Å². The molecule has 2 aromatic heterocycles. The summed E-state index contributed by atoms with van der Waals surface area (Å²) in [6.07, 6.45) is 0.921. The Morgan fingerprint density at radius 3 is 2.39 bits per heavy atom. The van der Waals surface area contributed by atoms with E-state index in [0.29, 0.717) is 5.92 Å². The van der Waals surface area contributed by atoms with Crippen LogP contribution in [0.2, 0.25) is 0 Å². The molecule has 0 radical (unpaired) electrons. The molecule has 2 N–H and O–H groups in total. The van der Waals surface area contributed by atoms with E-state index in [0.717, 1.165) is 34.9 Å². The van der Waals surface area contributed by atoms with Gasteiger partial charge in [0.1, 0.15) is 17.2 Å². The quantitative estimate of drug-likeness (QED) is 0.901. The molecule has 2 rings (SSSR count). The molecule has 0 bridgehead atoms. The lowest BCUT2D eigenvalue weighted by molar-refractivity contribution is 0.648. The minimum Gasteiger partial charge on any atom is -0.384 e. The molecule has 0 saturated heterocycles.